The van der Waals surface area contributed by atoms with Crippen molar-refractivity contribution < 1.29 is 0 Å². The minimum atomic E-state index is -0.0650. The van der Waals surface area contributed by atoms with E-state index in [-0.39, 0.29) is 6.04 Å². The second-order valence-electron chi connectivity index (χ2n) is 5.38. The number of nitrogens with zero attached hydrogens (tertiary/aromatic N) is 2. The van der Waals surface area contributed by atoms with E-state index in [2.05, 4.69) is 59.9 Å². The van der Waals surface area contributed by atoms with Crippen LogP contribution in [0.3, 0.4) is 0 Å². The Morgan fingerprint density at radius 1 is 1.10 bits per heavy atom. The molecular formula is C17H20N4. The summed E-state index contributed by atoms with van der Waals surface area (Å²) in [5.41, 5.74) is 7.43. The molecule has 21 heavy (non-hydrogen) atoms. The zero-order valence-electron chi connectivity index (χ0n) is 12.6. The van der Waals surface area contributed by atoms with Crippen molar-refractivity contribution in [1.29, 1.82) is 0 Å². The van der Waals surface area contributed by atoms with Crippen LogP contribution in [0.2, 0.25) is 0 Å². The molecule has 1 atom stereocenters. The molecule has 0 aliphatic carbocycles. The van der Waals surface area contributed by atoms with E-state index in [0.717, 1.165) is 17.0 Å². The summed E-state index contributed by atoms with van der Waals surface area (Å²) in [6, 6.07) is 14.6. The number of aryl methyl sites for hydroxylation is 2. The van der Waals surface area contributed by atoms with Gasteiger partial charge in [0.15, 0.2) is 0 Å². The summed E-state index contributed by atoms with van der Waals surface area (Å²) >= 11 is 0. The molecule has 3 rings (SSSR count). The van der Waals surface area contributed by atoms with E-state index in [0.29, 0.717) is 0 Å². The number of hydrogen-bond acceptors (Lipinski definition) is 3. The molecule has 1 unspecified atom stereocenters. The summed E-state index contributed by atoms with van der Waals surface area (Å²) in [5, 5.41) is 6.94. The first-order chi connectivity index (χ1) is 10.1. The molecule has 1 aromatic heterocycles. The molecule has 0 saturated heterocycles. The first-order valence-corrected chi connectivity index (χ1v) is 7.07. The van der Waals surface area contributed by atoms with E-state index in [4.69, 9.17) is 5.84 Å². The lowest BCUT2D eigenvalue weighted by molar-refractivity contribution is 0.632. The lowest BCUT2D eigenvalue weighted by Crippen LogP contribution is -2.29. The Morgan fingerprint density at radius 2 is 1.81 bits per heavy atom. The standard InChI is InChI=1S/C17H20N4/c1-11-16(12(2)21(3)20-11)17(19-18)15-10-6-8-13-7-4-5-9-14(13)15/h4-10,17,19H,18H2,1-3H3. The number of hydrazine groups is 1. The average molecular weight is 280 g/mol. The molecule has 0 amide bonds. The predicted molar refractivity (Wildman–Crippen MR) is 85.8 cm³/mol. The van der Waals surface area contributed by atoms with Gasteiger partial charge in [0.25, 0.3) is 0 Å². The van der Waals surface area contributed by atoms with Crippen LogP contribution in [0.5, 0.6) is 0 Å². The molecule has 1 heterocycles. The van der Waals surface area contributed by atoms with Gasteiger partial charge in [0.2, 0.25) is 0 Å². The summed E-state index contributed by atoms with van der Waals surface area (Å²) < 4.78 is 1.90. The lowest BCUT2D eigenvalue weighted by atomic mass is 9.93. The summed E-state index contributed by atoms with van der Waals surface area (Å²) in [5.74, 6) is 5.89. The van der Waals surface area contributed by atoms with Crippen molar-refractivity contribution in [2.24, 2.45) is 12.9 Å². The second kappa shape index (κ2) is 5.31. The summed E-state index contributed by atoms with van der Waals surface area (Å²) in [6.07, 6.45) is 0. The average Bonchev–Trinajstić information content (AvgIpc) is 2.75. The highest BCUT2D eigenvalue weighted by atomic mass is 15.3. The monoisotopic (exact) mass is 280 g/mol. The Bertz CT molecular complexity index is 783. The number of benzene rings is 2. The molecule has 0 spiro atoms. The minimum Gasteiger partial charge on any atom is -0.272 e. The molecule has 3 aromatic rings. The number of fused-ring (bicyclic) bond motifs is 1. The Balaban J connectivity index is 2.23. The third-order valence-corrected chi connectivity index (χ3v) is 4.15. The fourth-order valence-electron chi connectivity index (χ4n) is 3.04. The van der Waals surface area contributed by atoms with Gasteiger partial charge in [-0.15, -0.1) is 0 Å². The molecule has 0 fully saturated rings. The zero-order valence-corrected chi connectivity index (χ0v) is 12.6. The van der Waals surface area contributed by atoms with E-state index in [1.165, 1.54) is 16.3 Å². The van der Waals surface area contributed by atoms with Crippen molar-refractivity contribution in [3.05, 3.63) is 65.0 Å². The van der Waals surface area contributed by atoms with Crippen LogP contribution in [0.15, 0.2) is 42.5 Å². The van der Waals surface area contributed by atoms with Crippen LogP contribution in [-0.4, -0.2) is 9.78 Å². The van der Waals surface area contributed by atoms with Gasteiger partial charge in [0, 0.05) is 18.3 Å². The van der Waals surface area contributed by atoms with Gasteiger partial charge in [0.05, 0.1) is 11.7 Å². The van der Waals surface area contributed by atoms with Gasteiger partial charge in [0.1, 0.15) is 0 Å². The third kappa shape index (κ3) is 2.22. The molecule has 4 heteroatoms. The van der Waals surface area contributed by atoms with E-state index in [1.54, 1.807) is 0 Å². The SMILES string of the molecule is Cc1nn(C)c(C)c1C(NN)c1cccc2ccccc12. The van der Waals surface area contributed by atoms with Crippen molar-refractivity contribution in [2.45, 2.75) is 19.9 Å². The Labute approximate surface area is 124 Å². The summed E-state index contributed by atoms with van der Waals surface area (Å²) in [6.45, 7) is 4.10. The van der Waals surface area contributed by atoms with Crippen LogP contribution in [0.4, 0.5) is 0 Å². The maximum Gasteiger partial charge on any atom is 0.0752 e. The minimum absolute atomic E-state index is 0.0650. The van der Waals surface area contributed by atoms with Crippen LogP contribution in [0.25, 0.3) is 10.8 Å². The van der Waals surface area contributed by atoms with Gasteiger partial charge < -0.3 is 0 Å². The van der Waals surface area contributed by atoms with Crippen LogP contribution in [0, 0.1) is 13.8 Å². The van der Waals surface area contributed by atoms with Crippen LogP contribution < -0.4 is 11.3 Å². The van der Waals surface area contributed by atoms with Crippen LogP contribution >= 0.6 is 0 Å². The van der Waals surface area contributed by atoms with E-state index >= 15 is 0 Å². The lowest BCUT2D eigenvalue weighted by Gasteiger charge is -2.19. The molecule has 2 aromatic carbocycles. The Morgan fingerprint density at radius 3 is 2.48 bits per heavy atom. The van der Waals surface area contributed by atoms with Crippen molar-refractivity contribution in [2.75, 3.05) is 0 Å². The molecule has 0 aliphatic heterocycles. The van der Waals surface area contributed by atoms with Crippen molar-refractivity contribution >= 4 is 10.8 Å². The highest BCUT2D eigenvalue weighted by molar-refractivity contribution is 5.86. The van der Waals surface area contributed by atoms with Gasteiger partial charge in [-0.25, -0.2) is 5.43 Å². The fourth-order valence-corrected chi connectivity index (χ4v) is 3.04. The van der Waals surface area contributed by atoms with E-state index in [9.17, 15) is 0 Å². The van der Waals surface area contributed by atoms with Crippen molar-refractivity contribution in [3.8, 4) is 0 Å². The number of nitrogens with two attached hydrogens (primary N) is 1. The topological polar surface area (TPSA) is 55.9 Å². The van der Waals surface area contributed by atoms with Gasteiger partial charge >= 0.3 is 0 Å². The third-order valence-electron chi connectivity index (χ3n) is 4.15. The van der Waals surface area contributed by atoms with E-state index < -0.39 is 0 Å². The predicted octanol–water partition coefficient (Wildman–Crippen LogP) is 2.74. The number of aromatic nitrogens is 2. The largest absolute Gasteiger partial charge is 0.272 e. The van der Waals surface area contributed by atoms with E-state index in [1.807, 2.05) is 18.7 Å². The maximum absolute atomic E-state index is 5.89. The molecule has 3 N–H and O–H groups in total. The number of rotatable bonds is 3. The number of nitrogens with one attached hydrogen (secondary N) is 1. The van der Waals surface area contributed by atoms with Crippen LogP contribution in [-0.2, 0) is 7.05 Å². The summed E-state index contributed by atoms with van der Waals surface area (Å²) in [4.78, 5) is 0. The first kappa shape index (κ1) is 13.8. The highest BCUT2D eigenvalue weighted by Gasteiger charge is 2.22. The molecule has 0 aliphatic rings. The van der Waals surface area contributed by atoms with Gasteiger partial charge in [-0.05, 0) is 30.2 Å². The molecular weight excluding hydrogens is 260 g/mol. The second-order valence-corrected chi connectivity index (χ2v) is 5.38. The molecule has 0 radical (unpaired) electrons. The first-order valence-electron chi connectivity index (χ1n) is 7.07. The fraction of sp³-hybridized carbons (Fsp3) is 0.235. The molecule has 0 saturated carbocycles. The zero-order chi connectivity index (χ0) is 15.0. The van der Waals surface area contributed by atoms with Gasteiger partial charge in [-0.1, -0.05) is 42.5 Å². The molecule has 108 valence electrons. The van der Waals surface area contributed by atoms with Gasteiger partial charge in [-0.2, -0.15) is 5.10 Å². The highest BCUT2D eigenvalue weighted by Crippen LogP contribution is 2.31. The Hall–Kier alpha value is -2.17. The normalized spacial score (nSPS) is 12.8. The van der Waals surface area contributed by atoms with Crippen molar-refractivity contribution in [1.82, 2.24) is 15.2 Å². The maximum atomic E-state index is 5.89. The van der Waals surface area contributed by atoms with Crippen LogP contribution in [0.1, 0.15) is 28.6 Å². The number of hydrogen-bond donors (Lipinski definition) is 2. The van der Waals surface area contributed by atoms with Gasteiger partial charge in [-0.3, -0.25) is 10.5 Å². The Kier molecular flexibility index (Phi) is 3.49. The molecule has 4 nitrogen and oxygen atoms in total. The molecule has 0 bridgehead atoms. The summed E-state index contributed by atoms with van der Waals surface area (Å²) in [7, 11) is 1.96. The smallest absolute Gasteiger partial charge is 0.0752 e. The van der Waals surface area contributed by atoms with Crippen molar-refractivity contribution in [3.63, 3.8) is 0 Å². The quantitative estimate of drug-likeness (QED) is 0.573.